The predicted molar refractivity (Wildman–Crippen MR) is 73.0 cm³/mol. The quantitative estimate of drug-likeness (QED) is 0.897. The molecule has 0 aliphatic carbocycles. The zero-order valence-corrected chi connectivity index (χ0v) is 12.0. The van der Waals surface area contributed by atoms with E-state index in [-0.39, 0.29) is 5.91 Å². The number of hydrogen-bond donors (Lipinski definition) is 1. The molecule has 0 spiro atoms. The molecule has 0 atom stereocenters. The van der Waals surface area contributed by atoms with Crippen molar-refractivity contribution in [2.24, 2.45) is 5.41 Å². The molecule has 4 nitrogen and oxygen atoms in total. The maximum Gasteiger partial charge on any atom is 0.237 e. The lowest BCUT2D eigenvalue weighted by molar-refractivity contribution is -0.123. The molecule has 1 heterocycles. The van der Waals surface area contributed by atoms with Crippen molar-refractivity contribution in [3.8, 4) is 5.88 Å². The van der Waals surface area contributed by atoms with Crippen LogP contribution in [0.4, 0.5) is 5.69 Å². The summed E-state index contributed by atoms with van der Waals surface area (Å²) in [5, 5.41) is 2.87. The third-order valence-electron chi connectivity index (χ3n) is 2.74. The molecule has 4 heteroatoms. The molecular weight excluding hydrogens is 228 g/mol. The Morgan fingerprint density at radius 1 is 1.44 bits per heavy atom. The molecule has 0 aromatic carbocycles. The number of anilines is 1. The summed E-state index contributed by atoms with van der Waals surface area (Å²) < 4.78 is 5.23. The predicted octanol–water partition coefficient (Wildman–Crippen LogP) is 2.95. The van der Waals surface area contributed by atoms with Gasteiger partial charge in [-0.25, -0.2) is 4.98 Å². The lowest BCUT2D eigenvalue weighted by Gasteiger charge is -2.19. The molecule has 1 aromatic heterocycles. The largest absolute Gasteiger partial charge is 0.480 e. The highest BCUT2D eigenvalue weighted by atomic mass is 16.5. The van der Waals surface area contributed by atoms with Crippen LogP contribution < -0.4 is 10.1 Å². The van der Waals surface area contributed by atoms with Crippen molar-refractivity contribution in [3.05, 3.63) is 17.3 Å². The fourth-order valence-corrected chi connectivity index (χ4v) is 1.55. The van der Waals surface area contributed by atoms with E-state index in [1.807, 2.05) is 40.7 Å². The third kappa shape index (κ3) is 3.22. The van der Waals surface area contributed by atoms with Crippen molar-refractivity contribution in [1.82, 2.24) is 4.98 Å². The number of aryl methyl sites for hydroxylation is 2. The molecule has 18 heavy (non-hydrogen) atoms. The molecule has 1 N–H and O–H groups in total. The summed E-state index contributed by atoms with van der Waals surface area (Å²) in [5.74, 6) is 0.418. The van der Waals surface area contributed by atoms with E-state index >= 15 is 0 Å². The molecule has 0 saturated heterocycles. The Morgan fingerprint density at radius 3 is 2.50 bits per heavy atom. The normalized spacial score (nSPS) is 11.2. The highest BCUT2D eigenvalue weighted by Gasteiger charge is 2.23. The molecule has 0 aliphatic heterocycles. The van der Waals surface area contributed by atoms with Gasteiger partial charge in [0.15, 0.2) is 0 Å². The SMILES string of the molecule is CCc1nc(OC)c(NC(=O)C(C)(C)C)cc1C. The number of amides is 1. The standard InChI is InChI=1S/C14H22N2O2/c1-7-10-9(2)8-11(12(15-10)18-6)16-13(17)14(3,4)5/h8H,7H2,1-6H3,(H,16,17). The summed E-state index contributed by atoms with van der Waals surface area (Å²) in [6, 6.07) is 1.91. The number of carbonyl (C=O) groups excluding carboxylic acids is 1. The second-order valence-electron chi connectivity index (χ2n) is 5.37. The molecule has 100 valence electrons. The molecular formula is C14H22N2O2. The molecule has 0 bridgehead atoms. The maximum absolute atomic E-state index is 12.0. The lowest BCUT2D eigenvalue weighted by Crippen LogP contribution is -2.28. The van der Waals surface area contributed by atoms with E-state index < -0.39 is 5.41 Å². The summed E-state index contributed by atoms with van der Waals surface area (Å²) in [4.78, 5) is 16.4. The van der Waals surface area contributed by atoms with Gasteiger partial charge in [0.05, 0.1) is 7.11 Å². The van der Waals surface area contributed by atoms with Gasteiger partial charge in [-0.2, -0.15) is 0 Å². The van der Waals surface area contributed by atoms with Gasteiger partial charge in [-0.3, -0.25) is 4.79 Å². The van der Waals surface area contributed by atoms with Gasteiger partial charge in [-0.05, 0) is 25.0 Å². The van der Waals surface area contributed by atoms with Gasteiger partial charge >= 0.3 is 0 Å². The van der Waals surface area contributed by atoms with E-state index in [2.05, 4.69) is 10.3 Å². The summed E-state index contributed by atoms with van der Waals surface area (Å²) in [6.45, 7) is 9.64. The van der Waals surface area contributed by atoms with Crippen LogP contribution in [0.3, 0.4) is 0 Å². The van der Waals surface area contributed by atoms with Crippen LogP contribution in [0.2, 0.25) is 0 Å². The van der Waals surface area contributed by atoms with Crippen molar-refractivity contribution in [2.45, 2.75) is 41.0 Å². The highest BCUT2D eigenvalue weighted by Crippen LogP contribution is 2.27. The third-order valence-corrected chi connectivity index (χ3v) is 2.74. The monoisotopic (exact) mass is 250 g/mol. The van der Waals surface area contributed by atoms with Crippen LogP contribution in [0.15, 0.2) is 6.07 Å². The highest BCUT2D eigenvalue weighted by molar-refractivity contribution is 5.95. The van der Waals surface area contributed by atoms with E-state index in [1.165, 1.54) is 0 Å². The number of hydrogen-bond acceptors (Lipinski definition) is 3. The van der Waals surface area contributed by atoms with Gasteiger partial charge in [0.1, 0.15) is 5.69 Å². The Labute approximate surface area is 109 Å². The molecule has 0 fully saturated rings. The fraction of sp³-hybridized carbons (Fsp3) is 0.571. The summed E-state index contributed by atoms with van der Waals surface area (Å²) >= 11 is 0. The van der Waals surface area contributed by atoms with E-state index in [0.717, 1.165) is 17.7 Å². The zero-order chi connectivity index (χ0) is 13.9. The average molecular weight is 250 g/mol. The molecule has 0 unspecified atom stereocenters. The first-order chi connectivity index (χ1) is 8.29. The Balaban J connectivity index is 3.09. The van der Waals surface area contributed by atoms with Gasteiger partial charge in [0, 0.05) is 11.1 Å². The number of pyridine rings is 1. The number of methoxy groups -OCH3 is 1. The van der Waals surface area contributed by atoms with Crippen molar-refractivity contribution < 1.29 is 9.53 Å². The smallest absolute Gasteiger partial charge is 0.237 e. The van der Waals surface area contributed by atoms with Gasteiger partial charge in [0.25, 0.3) is 0 Å². The van der Waals surface area contributed by atoms with E-state index in [1.54, 1.807) is 7.11 Å². The first-order valence-corrected chi connectivity index (χ1v) is 6.15. The molecule has 0 saturated carbocycles. The zero-order valence-electron chi connectivity index (χ0n) is 12.0. The van der Waals surface area contributed by atoms with Crippen molar-refractivity contribution >= 4 is 11.6 Å². The van der Waals surface area contributed by atoms with Crippen molar-refractivity contribution in [1.29, 1.82) is 0 Å². The number of nitrogens with one attached hydrogen (secondary N) is 1. The first kappa shape index (κ1) is 14.5. The van der Waals surface area contributed by atoms with Gasteiger partial charge < -0.3 is 10.1 Å². The van der Waals surface area contributed by atoms with Crippen LogP contribution in [0.1, 0.15) is 39.0 Å². The minimum Gasteiger partial charge on any atom is -0.480 e. The Kier molecular flexibility index (Phi) is 4.33. The average Bonchev–Trinajstić information content (AvgIpc) is 2.28. The lowest BCUT2D eigenvalue weighted by atomic mass is 9.95. The van der Waals surface area contributed by atoms with Crippen LogP contribution in [0.5, 0.6) is 5.88 Å². The summed E-state index contributed by atoms with van der Waals surface area (Å²) in [6.07, 6.45) is 0.843. The van der Waals surface area contributed by atoms with Crippen LogP contribution in [0.25, 0.3) is 0 Å². The Bertz CT molecular complexity index is 448. The van der Waals surface area contributed by atoms with E-state index in [4.69, 9.17) is 4.74 Å². The summed E-state index contributed by atoms with van der Waals surface area (Å²) in [5.41, 5.74) is 2.23. The topological polar surface area (TPSA) is 51.2 Å². The van der Waals surface area contributed by atoms with Crippen LogP contribution >= 0.6 is 0 Å². The Hall–Kier alpha value is -1.58. The number of rotatable bonds is 3. The second-order valence-corrected chi connectivity index (χ2v) is 5.37. The number of aromatic nitrogens is 1. The van der Waals surface area contributed by atoms with Crippen LogP contribution in [-0.4, -0.2) is 18.0 Å². The maximum atomic E-state index is 12.0. The van der Waals surface area contributed by atoms with Crippen LogP contribution in [0, 0.1) is 12.3 Å². The minimum absolute atomic E-state index is 0.0498. The summed E-state index contributed by atoms with van der Waals surface area (Å²) in [7, 11) is 1.56. The second kappa shape index (κ2) is 5.38. The number of ether oxygens (including phenoxy) is 1. The molecule has 1 rings (SSSR count). The molecule has 1 aromatic rings. The fourth-order valence-electron chi connectivity index (χ4n) is 1.55. The van der Waals surface area contributed by atoms with Crippen molar-refractivity contribution in [3.63, 3.8) is 0 Å². The molecule has 0 radical (unpaired) electrons. The number of carbonyl (C=O) groups is 1. The van der Waals surface area contributed by atoms with Gasteiger partial charge in [-0.1, -0.05) is 27.7 Å². The van der Waals surface area contributed by atoms with E-state index in [0.29, 0.717) is 11.6 Å². The Morgan fingerprint density at radius 2 is 2.06 bits per heavy atom. The minimum atomic E-state index is -0.442. The molecule has 0 aliphatic rings. The van der Waals surface area contributed by atoms with E-state index in [9.17, 15) is 4.79 Å². The van der Waals surface area contributed by atoms with Crippen LogP contribution in [-0.2, 0) is 11.2 Å². The van der Waals surface area contributed by atoms with Gasteiger partial charge in [0.2, 0.25) is 11.8 Å². The first-order valence-electron chi connectivity index (χ1n) is 6.15. The number of nitrogens with zero attached hydrogens (tertiary/aromatic N) is 1. The van der Waals surface area contributed by atoms with Gasteiger partial charge in [-0.15, -0.1) is 0 Å². The molecule has 1 amide bonds. The van der Waals surface area contributed by atoms with Crippen molar-refractivity contribution in [2.75, 3.05) is 12.4 Å².